The van der Waals surface area contributed by atoms with Crippen LogP contribution in [0.5, 0.6) is 0 Å². The minimum atomic E-state index is -0.898. The summed E-state index contributed by atoms with van der Waals surface area (Å²) in [6.07, 6.45) is 1.13. The average Bonchev–Trinajstić information content (AvgIpc) is 2.89. The highest BCUT2D eigenvalue weighted by Gasteiger charge is 2.44. The predicted molar refractivity (Wildman–Crippen MR) is 47.1 cm³/mol. The van der Waals surface area contributed by atoms with E-state index in [1.807, 2.05) is 0 Å². The van der Waals surface area contributed by atoms with Gasteiger partial charge >= 0.3 is 0 Å². The fourth-order valence-electron chi connectivity index (χ4n) is 1.66. The van der Waals surface area contributed by atoms with Crippen molar-refractivity contribution in [3.05, 3.63) is 24.2 Å². The van der Waals surface area contributed by atoms with Crippen LogP contribution < -0.4 is 0 Å². The zero-order chi connectivity index (χ0) is 10.0. The van der Waals surface area contributed by atoms with E-state index in [4.69, 9.17) is 14.4 Å². The van der Waals surface area contributed by atoms with Crippen molar-refractivity contribution in [1.82, 2.24) is 0 Å². The van der Waals surface area contributed by atoms with Crippen molar-refractivity contribution in [2.24, 2.45) is 5.41 Å². The van der Waals surface area contributed by atoms with Crippen molar-refractivity contribution in [1.29, 1.82) is 5.26 Å². The van der Waals surface area contributed by atoms with E-state index >= 15 is 0 Å². The van der Waals surface area contributed by atoms with Crippen LogP contribution in [-0.4, -0.2) is 18.3 Å². The molecule has 4 nitrogen and oxygen atoms in total. The molecule has 0 amide bonds. The molecule has 0 radical (unpaired) electrons. The molecular weight excluding hydrogens is 182 g/mol. The summed E-state index contributed by atoms with van der Waals surface area (Å²) in [7, 11) is 0. The lowest BCUT2D eigenvalue weighted by atomic mass is 9.82. The standard InChI is InChI=1S/C10H11NO3/c11-6-10(3-5-13-7-10)9(12)8-2-1-4-14-8/h1-2,4,9,12H,3,5,7H2. The first kappa shape index (κ1) is 9.25. The Bertz CT molecular complexity index is 333. The monoisotopic (exact) mass is 193 g/mol. The number of aliphatic hydroxyl groups is 1. The third-order valence-corrected chi connectivity index (χ3v) is 2.61. The lowest BCUT2D eigenvalue weighted by molar-refractivity contribution is 0.0344. The molecule has 0 aromatic carbocycles. The summed E-state index contributed by atoms with van der Waals surface area (Å²) in [6.45, 7) is 0.788. The quantitative estimate of drug-likeness (QED) is 0.767. The molecule has 1 aliphatic rings. The molecule has 0 bridgehead atoms. The van der Waals surface area contributed by atoms with Gasteiger partial charge in [-0.3, -0.25) is 0 Å². The average molecular weight is 193 g/mol. The topological polar surface area (TPSA) is 66.4 Å². The van der Waals surface area contributed by atoms with Gasteiger partial charge in [0.1, 0.15) is 17.3 Å². The van der Waals surface area contributed by atoms with Gasteiger partial charge in [-0.1, -0.05) is 0 Å². The molecule has 2 atom stereocenters. The largest absolute Gasteiger partial charge is 0.467 e. The molecule has 0 saturated carbocycles. The zero-order valence-electron chi connectivity index (χ0n) is 7.64. The number of aliphatic hydroxyl groups excluding tert-OH is 1. The molecule has 0 aliphatic carbocycles. The molecular formula is C10H11NO3. The van der Waals surface area contributed by atoms with Crippen LogP contribution >= 0.6 is 0 Å². The number of nitriles is 1. The molecule has 1 saturated heterocycles. The highest BCUT2D eigenvalue weighted by molar-refractivity contribution is 5.15. The number of hydrogen-bond acceptors (Lipinski definition) is 4. The Morgan fingerprint density at radius 1 is 1.64 bits per heavy atom. The minimum absolute atomic E-state index is 0.269. The van der Waals surface area contributed by atoms with Crippen molar-refractivity contribution in [3.8, 4) is 6.07 Å². The molecule has 2 unspecified atom stereocenters. The highest BCUT2D eigenvalue weighted by Crippen LogP contribution is 2.40. The van der Waals surface area contributed by atoms with Crippen molar-refractivity contribution in [2.45, 2.75) is 12.5 Å². The van der Waals surface area contributed by atoms with Gasteiger partial charge in [0.2, 0.25) is 0 Å². The van der Waals surface area contributed by atoms with Crippen LogP contribution in [0.2, 0.25) is 0 Å². The Morgan fingerprint density at radius 2 is 2.50 bits per heavy atom. The Labute approximate surface area is 81.7 Å². The zero-order valence-corrected chi connectivity index (χ0v) is 7.64. The van der Waals surface area contributed by atoms with E-state index in [0.29, 0.717) is 18.8 Å². The number of ether oxygens (including phenoxy) is 1. The Kier molecular flexibility index (Phi) is 2.28. The van der Waals surface area contributed by atoms with E-state index in [1.165, 1.54) is 6.26 Å². The fourth-order valence-corrected chi connectivity index (χ4v) is 1.66. The number of nitrogens with zero attached hydrogens (tertiary/aromatic N) is 1. The molecule has 74 valence electrons. The molecule has 0 spiro atoms. The van der Waals surface area contributed by atoms with E-state index in [9.17, 15) is 5.11 Å². The fraction of sp³-hybridized carbons (Fsp3) is 0.500. The van der Waals surface area contributed by atoms with E-state index in [2.05, 4.69) is 6.07 Å². The number of rotatable bonds is 2. The van der Waals surface area contributed by atoms with E-state index < -0.39 is 11.5 Å². The smallest absolute Gasteiger partial charge is 0.133 e. The van der Waals surface area contributed by atoms with E-state index in [0.717, 1.165) is 0 Å². The van der Waals surface area contributed by atoms with Gasteiger partial charge in [0.15, 0.2) is 0 Å². The maximum absolute atomic E-state index is 9.96. The van der Waals surface area contributed by atoms with Crippen molar-refractivity contribution < 1.29 is 14.3 Å². The van der Waals surface area contributed by atoms with Crippen LogP contribution in [0.1, 0.15) is 18.3 Å². The lowest BCUT2D eigenvalue weighted by Crippen LogP contribution is -2.27. The summed E-state index contributed by atoms with van der Waals surface area (Å²) in [5.41, 5.74) is -0.835. The first-order chi connectivity index (χ1) is 6.78. The summed E-state index contributed by atoms with van der Waals surface area (Å²) in [6, 6.07) is 5.49. The second kappa shape index (κ2) is 3.45. The normalized spacial score (nSPS) is 28.6. The summed E-state index contributed by atoms with van der Waals surface area (Å²) < 4.78 is 10.2. The molecule has 2 heterocycles. The van der Waals surface area contributed by atoms with E-state index in [1.54, 1.807) is 12.1 Å². The number of furan rings is 1. The molecule has 1 aromatic heterocycles. The second-order valence-electron chi connectivity index (χ2n) is 3.49. The second-order valence-corrected chi connectivity index (χ2v) is 3.49. The predicted octanol–water partition coefficient (Wildman–Crippen LogP) is 1.24. The SMILES string of the molecule is N#CC1(C(O)c2ccco2)CCOC1. The summed E-state index contributed by atoms with van der Waals surface area (Å²) in [5, 5.41) is 19.0. The van der Waals surface area contributed by atoms with Crippen LogP contribution in [0.3, 0.4) is 0 Å². The molecule has 1 aromatic rings. The van der Waals surface area contributed by atoms with Crippen molar-refractivity contribution in [2.75, 3.05) is 13.2 Å². The van der Waals surface area contributed by atoms with Gasteiger partial charge in [-0.25, -0.2) is 0 Å². The van der Waals surface area contributed by atoms with Gasteiger partial charge in [0.05, 0.1) is 18.9 Å². The maximum Gasteiger partial charge on any atom is 0.133 e. The van der Waals surface area contributed by atoms with Crippen molar-refractivity contribution in [3.63, 3.8) is 0 Å². The van der Waals surface area contributed by atoms with Crippen LogP contribution in [0.4, 0.5) is 0 Å². The molecule has 1 fully saturated rings. The molecule has 2 rings (SSSR count). The van der Waals surface area contributed by atoms with Gasteiger partial charge in [-0.2, -0.15) is 5.26 Å². The third kappa shape index (κ3) is 1.31. The Hall–Kier alpha value is -1.31. The minimum Gasteiger partial charge on any atom is -0.467 e. The van der Waals surface area contributed by atoms with Gasteiger partial charge in [-0.05, 0) is 18.6 Å². The van der Waals surface area contributed by atoms with Crippen LogP contribution in [0.25, 0.3) is 0 Å². The van der Waals surface area contributed by atoms with Gasteiger partial charge in [0, 0.05) is 6.61 Å². The maximum atomic E-state index is 9.96. The molecule has 1 N–H and O–H groups in total. The van der Waals surface area contributed by atoms with Crippen LogP contribution in [-0.2, 0) is 4.74 Å². The molecule has 14 heavy (non-hydrogen) atoms. The lowest BCUT2D eigenvalue weighted by Gasteiger charge is -2.23. The number of hydrogen-bond donors (Lipinski definition) is 1. The van der Waals surface area contributed by atoms with Crippen LogP contribution in [0, 0.1) is 16.7 Å². The van der Waals surface area contributed by atoms with Gasteiger partial charge in [0.25, 0.3) is 0 Å². The highest BCUT2D eigenvalue weighted by atomic mass is 16.5. The van der Waals surface area contributed by atoms with Crippen LogP contribution in [0.15, 0.2) is 22.8 Å². The summed E-state index contributed by atoms with van der Waals surface area (Å²) in [4.78, 5) is 0. The van der Waals surface area contributed by atoms with Crippen molar-refractivity contribution >= 4 is 0 Å². The first-order valence-corrected chi connectivity index (χ1v) is 4.49. The summed E-state index contributed by atoms with van der Waals surface area (Å²) >= 11 is 0. The molecule has 1 aliphatic heterocycles. The Balaban J connectivity index is 2.25. The van der Waals surface area contributed by atoms with Gasteiger partial charge < -0.3 is 14.3 Å². The third-order valence-electron chi connectivity index (χ3n) is 2.61. The van der Waals surface area contributed by atoms with Gasteiger partial charge in [-0.15, -0.1) is 0 Å². The first-order valence-electron chi connectivity index (χ1n) is 4.49. The van der Waals surface area contributed by atoms with E-state index in [-0.39, 0.29) is 6.61 Å². The summed E-state index contributed by atoms with van der Waals surface area (Å²) in [5.74, 6) is 0.428. The Morgan fingerprint density at radius 3 is 3.00 bits per heavy atom. The molecule has 4 heteroatoms.